The van der Waals surface area contributed by atoms with Crippen LogP contribution < -0.4 is 0 Å². The Morgan fingerprint density at radius 2 is 0.770 bits per heavy atom. The van der Waals surface area contributed by atoms with Crippen molar-refractivity contribution in [3.63, 3.8) is 0 Å². The molecule has 0 N–H and O–H groups in total. The van der Waals surface area contributed by atoms with Crippen LogP contribution in [0.15, 0.2) is 109 Å². The molecule has 1 atom stereocenters. The van der Waals surface area contributed by atoms with E-state index in [1.807, 2.05) is 66.8 Å². The van der Waals surface area contributed by atoms with E-state index in [0.717, 1.165) is 70.6 Å². The molecule has 0 aliphatic carbocycles. The minimum absolute atomic E-state index is 0.124. The predicted octanol–water partition coefficient (Wildman–Crippen LogP) is 16.0. The number of carbonyl (C=O) groups is 3. The lowest BCUT2D eigenvalue weighted by Crippen LogP contribution is -2.30. The van der Waals surface area contributed by atoms with Crippen LogP contribution in [0.1, 0.15) is 201 Å². The maximum Gasteiger partial charge on any atom is 0.309 e. The zero-order valence-corrected chi connectivity index (χ0v) is 39.1. The van der Waals surface area contributed by atoms with E-state index in [2.05, 4.69) is 57.2 Å². The van der Waals surface area contributed by atoms with Gasteiger partial charge in [0.25, 0.3) is 0 Å². The van der Waals surface area contributed by atoms with Gasteiger partial charge in [-0.3, -0.25) is 14.4 Å². The first-order chi connectivity index (χ1) is 30.0. The number of esters is 3. The smallest absolute Gasteiger partial charge is 0.309 e. The normalized spacial score (nSPS) is 13.0. The number of allylic oxidation sites excluding steroid dienone is 17. The van der Waals surface area contributed by atoms with Gasteiger partial charge in [0, 0.05) is 12.8 Å². The van der Waals surface area contributed by atoms with Crippen molar-refractivity contribution in [3.8, 4) is 0 Å². The average molecular weight is 845 g/mol. The lowest BCUT2D eigenvalue weighted by Gasteiger charge is -2.18. The van der Waals surface area contributed by atoms with Gasteiger partial charge in [0.1, 0.15) is 13.2 Å². The Hall–Kier alpha value is -3.93. The summed E-state index contributed by atoms with van der Waals surface area (Å²) in [6.45, 7) is 6.23. The van der Waals surface area contributed by atoms with Gasteiger partial charge in [0.15, 0.2) is 6.10 Å². The highest BCUT2D eigenvalue weighted by molar-refractivity contribution is 5.72. The van der Waals surface area contributed by atoms with Crippen molar-refractivity contribution in [2.45, 2.75) is 207 Å². The molecule has 0 amide bonds. The maximum atomic E-state index is 12.8. The van der Waals surface area contributed by atoms with Gasteiger partial charge in [-0.25, -0.2) is 0 Å². The summed E-state index contributed by atoms with van der Waals surface area (Å²) in [5.74, 6) is -1.10. The highest BCUT2D eigenvalue weighted by Gasteiger charge is 2.19. The van der Waals surface area contributed by atoms with Gasteiger partial charge in [0.2, 0.25) is 0 Å². The molecule has 6 nitrogen and oxygen atoms in total. The summed E-state index contributed by atoms with van der Waals surface area (Å²) < 4.78 is 16.6. The molecular weight excluding hydrogens is 757 g/mol. The summed E-state index contributed by atoms with van der Waals surface area (Å²) in [5, 5.41) is 0. The van der Waals surface area contributed by atoms with Crippen LogP contribution in [0.4, 0.5) is 0 Å². The van der Waals surface area contributed by atoms with E-state index in [9.17, 15) is 14.4 Å². The topological polar surface area (TPSA) is 78.9 Å². The van der Waals surface area contributed by atoms with E-state index in [-0.39, 0.29) is 31.6 Å². The largest absolute Gasteiger partial charge is 0.462 e. The van der Waals surface area contributed by atoms with E-state index in [4.69, 9.17) is 14.2 Å². The second-order valence-electron chi connectivity index (χ2n) is 15.8. The number of ether oxygens (including phenoxy) is 3. The molecule has 0 heterocycles. The Kier molecular flexibility index (Phi) is 45.6. The predicted molar refractivity (Wildman–Crippen MR) is 260 cm³/mol. The quantitative estimate of drug-likeness (QED) is 0.0200. The average Bonchev–Trinajstić information content (AvgIpc) is 3.26. The number of unbranched alkanes of at least 4 members (excludes halogenated alkanes) is 19. The molecule has 0 bridgehead atoms. The number of carbonyl (C=O) groups excluding carboxylic acids is 3. The molecule has 0 spiro atoms. The summed E-state index contributed by atoms with van der Waals surface area (Å²) in [6, 6.07) is 0. The van der Waals surface area contributed by atoms with Crippen LogP contribution in [0.2, 0.25) is 0 Å². The van der Waals surface area contributed by atoms with Crippen LogP contribution in [0.25, 0.3) is 0 Å². The zero-order valence-electron chi connectivity index (χ0n) is 39.1. The van der Waals surface area contributed by atoms with Crippen molar-refractivity contribution < 1.29 is 28.6 Å². The Balaban J connectivity index is 4.48. The lowest BCUT2D eigenvalue weighted by molar-refractivity contribution is -0.166. The summed E-state index contributed by atoms with van der Waals surface area (Å²) in [7, 11) is 0. The SMILES string of the molecule is CC\C=C/C=C\C=C/C=C\C=C\C=C/CCCCCC(=O)OCC(COC(=O)C/C=C\C/C=C\C/C=C\CC)OC(=O)CCCCCCCCCCCCCCCCCCC. The molecule has 0 fully saturated rings. The summed E-state index contributed by atoms with van der Waals surface area (Å²) >= 11 is 0. The van der Waals surface area contributed by atoms with E-state index < -0.39 is 12.1 Å². The van der Waals surface area contributed by atoms with Gasteiger partial charge < -0.3 is 14.2 Å². The first kappa shape index (κ1) is 57.1. The highest BCUT2D eigenvalue weighted by atomic mass is 16.6. The fourth-order valence-corrected chi connectivity index (χ4v) is 6.36. The van der Waals surface area contributed by atoms with E-state index in [0.29, 0.717) is 12.8 Å². The summed E-state index contributed by atoms with van der Waals surface area (Å²) in [5.41, 5.74) is 0. The fourth-order valence-electron chi connectivity index (χ4n) is 6.36. The Bertz CT molecular complexity index is 1290. The molecule has 0 aromatic rings. The highest BCUT2D eigenvalue weighted by Crippen LogP contribution is 2.15. The van der Waals surface area contributed by atoms with Crippen LogP contribution in [0.3, 0.4) is 0 Å². The molecule has 0 aromatic heterocycles. The van der Waals surface area contributed by atoms with Gasteiger partial charge in [-0.1, -0.05) is 239 Å². The summed E-state index contributed by atoms with van der Waals surface area (Å²) in [6.07, 6.45) is 65.4. The van der Waals surface area contributed by atoms with Crippen LogP contribution >= 0.6 is 0 Å². The van der Waals surface area contributed by atoms with Gasteiger partial charge >= 0.3 is 17.9 Å². The second kappa shape index (κ2) is 48.7. The number of hydrogen-bond acceptors (Lipinski definition) is 6. The third-order valence-corrected chi connectivity index (χ3v) is 9.97. The standard InChI is InChI=1S/C55H88O6/c1-4-7-10-13-16-19-21-23-25-27-29-31-33-36-39-42-45-48-54(57)60-51-52(50-59-53(56)47-44-41-38-35-18-15-12-9-6-3)61-55(58)49-46-43-40-37-34-32-30-28-26-24-22-20-17-14-11-8-5-2/h7,9-10,12-13,16,18-19,21,23,25,27,29,31,33,35,41,44,52H,4-6,8,11,14-15,17,20,22,24,26,28,30,32,34,36-40,42-43,45-51H2,1-3H3/b10-7-,12-9-,16-13-,21-19-,25-23-,29-27+,33-31-,35-18-,44-41-. The van der Waals surface area contributed by atoms with Crippen LogP contribution in [0.5, 0.6) is 0 Å². The molecule has 0 rings (SSSR count). The number of rotatable bonds is 42. The molecule has 6 heteroatoms. The van der Waals surface area contributed by atoms with E-state index >= 15 is 0 Å². The first-order valence-electron chi connectivity index (χ1n) is 24.5. The molecule has 0 saturated carbocycles. The van der Waals surface area contributed by atoms with Crippen LogP contribution in [-0.2, 0) is 28.6 Å². The van der Waals surface area contributed by atoms with Crippen LogP contribution in [0, 0.1) is 0 Å². The third kappa shape index (κ3) is 47.0. The molecule has 344 valence electrons. The van der Waals surface area contributed by atoms with Crippen molar-refractivity contribution in [3.05, 3.63) is 109 Å². The van der Waals surface area contributed by atoms with Gasteiger partial charge in [-0.15, -0.1) is 0 Å². The van der Waals surface area contributed by atoms with Crippen molar-refractivity contribution >= 4 is 17.9 Å². The molecule has 0 aliphatic heterocycles. The van der Waals surface area contributed by atoms with E-state index in [1.165, 1.54) is 89.9 Å². The maximum absolute atomic E-state index is 12.8. The molecule has 0 aliphatic rings. The number of hydrogen-bond donors (Lipinski definition) is 0. The Labute approximate surface area is 374 Å². The molecule has 1 unspecified atom stereocenters. The Morgan fingerprint density at radius 1 is 0.377 bits per heavy atom. The van der Waals surface area contributed by atoms with Crippen molar-refractivity contribution in [2.24, 2.45) is 0 Å². The summed E-state index contributed by atoms with van der Waals surface area (Å²) in [4.78, 5) is 37.8. The fraction of sp³-hybridized carbons (Fsp3) is 0.618. The first-order valence-corrected chi connectivity index (χ1v) is 24.5. The molecular formula is C55H88O6. The zero-order chi connectivity index (χ0) is 44.4. The van der Waals surface area contributed by atoms with Crippen molar-refractivity contribution in [1.29, 1.82) is 0 Å². The van der Waals surface area contributed by atoms with E-state index in [1.54, 1.807) is 6.08 Å². The Morgan fingerprint density at radius 3 is 1.28 bits per heavy atom. The minimum atomic E-state index is -0.830. The molecule has 0 aromatic carbocycles. The van der Waals surface area contributed by atoms with Crippen molar-refractivity contribution in [1.82, 2.24) is 0 Å². The third-order valence-electron chi connectivity index (χ3n) is 9.97. The van der Waals surface area contributed by atoms with Gasteiger partial charge in [-0.2, -0.15) is 0 Å². The van der Waals surface area contributed by atoms with Crippen LogP contribution in [-0.4, -0.2) is 37.2 Å². The minimum Gasteiger partial charge on any atom is -0.462 e. The second-order valence-corrected chi connectivity index (χ2v) is 15.8. The molecule has 61 heavy (non-hydrogen) atoms. The monoisotopic (exact) mass is 845 g/mol. The lowest BCUT2D eigenvalue weighted by atomic mass is 10.0. The molecule has 0 saturated heterocycles. The van der Waals surface area contributed by atoms with Gasteiger partial charge in [0.05, 0.1) is 6.42 Å². The van der Waals surface area contributed by atoms with Crippen molar-refractivity contribution in [2.75, 3.05) is 13.2 Å². The molecule has 0 radical (unpaired) electrons. The van der Waals surface area contributed by atoms with Gasteiger partial charge in [-0.05, 0) is 51.4 Å².